The first-order valence-electron chi connectivity index (χ1n) is 10.7. The van der Waals surface area contributed by atoms with Crippen LogP contribution in [0.4, 0.5) is 4.39 Å². The summed E-state index contributed by atoms with van der Waals surface area (Å²) in [7, 11) is 0. The third-order valence-corrected chi connectivity index (χ3v) is 6.46. The molecule has 3 saturated heterocycles. The molecule has 2 aromatic heterocycles. The van der Waals surface area contributed by atoms with Crippen LogP contribution in [0, 0.1) is 17.7 Å². The van der Waals surface area contributed by atoms with Gasteiger partial charge in [-0.05, 0) is 55.1 Å². The number of fused-ring (bicyclic) bond motifs is 3. The summed E-state index contributed by atoms with van der Waals surface area (Å²) in [5.41, 5.74) is 2.50. The maximum atomic E-state index is 13.1. The van der Waals surface area contributed by atoms with Crippen molar-refractivity contribution < 1.29 is 9.18 Å². The first kappa shape index (κ1) is 19.8. The van der Waals surface area contributed by atoms with Crippen LogP contribution in [0.3, 0.4) is 0 Å². The zero-order chi connectivity index (χ0) is 21.2. The molecule has 0 aliphatic carbocycles. The van der Waals surface area contributed by atoms with E-state index in [1.54, 1.807) is 18.3 Å². The van der Waals surface area contributed by atoms with Gasteiger partial charge in [0.25, 0.3) is 0 Å². The van der Waals surface area contributed by atoms with Crippen LogP contribution < -0.4 is 5.32 Å². The van der Waals surface area contributed by atoms with Gasteiger partial charge in [0.2, 0.25) is 5.91 Å². The van der Waals surface area contributed by atoms with E-state index in [9.17, 15) is 9.18 Å². The Kier molecular flexibility index (Phi) is 5.46. The average Bonchev–Trinajstić information content (AvgIpc) is 3.28. The van der Waals surface area contributed by atoms with E-state index in [-0.39, 0.29) is 17.6 Å². The molecule has 0 spiro atoms. The number of nitrogens with zero attached hydrogens (tertiary/aromatic N) is 5. The Bertz CT molecular complexity index is 1040. The van der Waals surface area contributed by atoms with Crippen LogP contribution in [0.15, 0.2) is 54.9 Å². The molecule has 160 valence electrons. The molecule has 3 aromatic rings. The Morgan fingerprint density at radius 2 is 2.03 bits per heavy atom. The fraction of sp³-hybridized carbons (Fsp3) is 0.391. The summed E-state index contributed by atoms with van der Waals surface area (Å²) < 4.78 is 14.9. The number of hydrogen-bond donors (Lipinski definition) is 1. The fourth-order valence-corrected chi connectivity index (χ4v) is 4.78. The standard InChI is InChI=1S/C23H25FN6O/c24-18-6-4-16(5-7-18)12-26-23(31)20-14-29-10-8-17(20)11-19(29)13-30-15-22(27-28-30)21-3-1-2-9-25-21/h1-7,9,15,17,19-20H,8,10-14H2,(H,26,31)/t17-,19+,20-/m0/s1. The molecule has 1 amide bonds. The number of aromatic nitrogens is 4. The molecule has 1 aromatic carbocycles. The third-order valence-electron chi connectivity index (χ3n) is 6.46. The van der Waals surface area contributed by atoms with Crippen LogP contribution in [0.1, 0.15) is 18.4 Å². The van der Waals surface area contributed by atoms with E-state index in [1.807, 2.05) is 29.1 Å². The summed E-state index contributed by atoms with van der Waals surface area (Å²) >= 11 is 0. The van der Waals surface area contributed by atoms with Crippen molar-refractivity contribution in [2.24, 2.45) is 11.8 Å². The van der Waals surface area contributed by atoms with Crippen molar-refractivity contribution in [3.8, 4) is 11.4 Å². The van der Waals surface area contributed by atoms with Gasteiger partial charge in [-0.1, -0.05) is 23.4 Å². The summed E-state index contributed by atoms with van der Waals surface area (Å²) in [5, 5.41) is 11.6. The monoisotopic (exact) mass is 420 g/mol. The lowest BCUT2D eigenvalue weighted by Gasteiger charge is -2.49. The molecule has 5 heterocycles. The molecule has 2 bridgehead atoms. The number of carbonyl (C=O) groups is 1. The molecular formula is C23H25FN6O. The highest BCUT2D eigenvalue weighted by Crippen LogP contribution is 2.37. The van der Waals surface area contributed by atoms with Gasteiger partial charge >= 0.3 is 0 Å². The SMILES string of the molecule is O=C(NCc1ccc(F)cc1)[C@H]1CN2CC[C@H]1C[C@@H]2Cn1cc(-c2ccccn2)nn1. The van der Waals surface area contributed by atoms with Crippen LogP contribution in [0.25, 0.3) is 11.4 Å². The molecule has 3 fully saturated rings. The van der Waals surface area contributed by atoms with Crippen molar-refractivity contribution in [3.05, 3.63) is 66.2 Å². The summed E-state index contributed by atoms with van der Waals surface area (Å²) in [6.07, 6.45) is 5.72. The summed E-state index contributed by atoms with van der Waals surface area (Å²) in [4.78, 5) is 19.5. The van der Waals surface area contributed by atoms with Gasteiger partial charge in [0.05, 0.1) is 24.4 Å². The lowest BCUT2D eigenvalue weighted by molar-refractivity contribution is -0.133. The lowest BCUT2D eigenvalue weighted by Crippen LogP contribution is -2.57. The first-order chi connectivity index (χ1) is 15.2. The van der Waals surface area contributed by atoms with Gasteiger partial charge in [-0.3, -0.25) is 19.4 Å². The Hall–Kier alpha value is -3.13. The van der Waals surface area contributed by atoms with Gasteiger partial charge in [0.15, 0.2) is 0 Å². The van der Waals surface area contributed by atoms with Gasteiger partial charge in [-0.25, -0.2) is 4.39 Å². The third kappa shape index (κ3) is 4.34. The van der Waals surface area contributed by atoms with E-state index >= 15 is 0 Å². The second-order valence-electron chi connectivity index (χ2n) is 8.42. The second-order valence-corrected chi connectivity index (χ2v) is 8.42. The predicted molar refractivity (Wildman–Crippen MR) is 113 cm³/mol. The molecule has 3 aliphatic heterocycles. The minimum atomic E-state index is -0.266. The normalized spacial score (nSPS) is 24.8. The largest absolute Gasteiger partial charge is 0.352 e. The zero-order valence-electron chi connectivity index (χ0n) is 17.2. The van der Waals surface area contributed by atoms with Crippen LogP contribution in [-0.4, -0.2) is 49.9 Å². The minimum Gasteiger partial charge on any atom is -0.352 e. The molecule has 6 rings (SSSR count). The van der Waals surface area contributed by atoms with E-state index < -0.39 is 0 Å². The molecule has 7 nitrogen and oxygen atoms in total. The van der Waals surface area contributed by atoms with E-state index in [0.717, 1.165) is 49.4 Å². The number of rotatable bonds is 6. The van der Waals surface area contributed by atoms with Crippen molar-refractivity contribution in [3.63, 3.8) is 0 Å². The maximum absolute atomic E-state index is 13.1. The van der Waals surface area contributed by atoms with Crippen molar-refractivity contribution >= 4 is 5.91 Å². The molecule has 4 atom stereocenters. The minimum absolute atomic E-state index is 0.00488. The first-order valence-corrected chi connectivity index (χ1v) is 10.7. The molecule has 1 unspecified atom stereocenters. The van der Waals surface area contributed by atoms with Gasteiger partial charge in [-0.2, -0.15) is 0 Å². The number of hydrogen-bond acceptors (Lipinski definition) is 5. The highest BCUT2D eigenvalue weighted by Gasteiger charge is 2.43. The Morgan fingerprint density at radius 3 is 2.77 bits per heavy atom. The second kappa shape index (κ2) is 8.55. The number of carbonyl (C=O) groups excluding carboxylic acids is 1. The number of pyridine rings is 1. The number of nitrogens with one attached hydrogen (secondary N) is 1. The average molecular weight is 420 g/mol. The molecule has 0 saturated carbocycles. The van der Waals surface area contributed by atoms with Crippen LogP contribution in [-0.2, 0) is 17.9 Å². The van der Waals surface area contributed by atoms with Crippen molar-refractivity contribution in [1.82, 2.24) is 30.2 Å². The Morgan fingerprint density at radius 1 is 1.16 bits per heavy atom. The van der Waals surface area contributed by atoms with Crippen LogP contribution in [0.5, 0.6) is 0 Å². The van der Waals surface area contributed by atoms with E-state index in [2.05, 4.69) is 25.5 Å². The summed E-state index contributed by atoms with van der Waals surface area (Å²) in [5.74, 6) is 0.209. The van der Waals surface area contributed by atoms with Crippen molar-refractivity contribution in [2.75, 3.05) is 13.1 Å². The molecular weight excluding hydrogens is 395 g/mol. The predicted octanol–water partition coefficient (Wildman–Crippen LogP) is 2.51. The smallest absolute Gasteiger partial charge is 0.224 e. The quantitative estimate of drug-likeness (QED) is 0.663. The number of piperidine rings is 3. The van der Waals surface area contributed by atoms with Crippen molar-refractivity contribution in [2.45, 2.75) is 32.0 Å². The molecule has 31 heavy (non-hydrogen) atoms. The Labute approximate surface area is 180 Å². The van der Waals surface area contributed by atoms with E-state index in [4.69, 9.17) is 0 Å². The number of amides is 1. The Balaban J connectivity index is 1.18. The van der Waals surface area contributed by atoms with E-state index in [0.29, 0.717) is 18.5 Å². The number of halogens is 1. The molecule has 0 radical (unpaired) electrons. The zero-order valence-corrected chi connectivity index (χ0v) is 17.2. The fourth-order valence-electron chi connectivity index (χ4n) is 4.78. The van der Waals surface area contributed by atoms with Crippen LogP contribution in [0.2, 0.25) is 0 Å². The highest BCUT2D eigenvalue weighted by molar-refractivity contribution is 5.79. The van der Waals surface area contributed by atoms with Gasteiger partial charge < -0.3 is 5.32 Å². The van der Waals surface area contributed by atoms with Crippen LogP contribution >= 0.6 is 0 Å². The molecule has 1 N–H and O–H groups in total. The highest BCUT2D eigenvalue weighted by atomic mass is 19.1. The van der Waals surface area contributed by atoms with Crippen molar-refractivity contribution in [1.29, 1.82) is 0 Å². The van der Waals surface area contributed by atoms with Gasteiger partial charge in [0, 0.05) is 25.3 Å². The molecule has 3 aliphatic rings. The topological polar surface area (TPSA) is 75.9 Å². The maximum Gasteiger partial charge on any atom is 0.224 e. The number of benzene rings is 1. The van der Waals surface area contributed by atoms with Gasteiger partial charge in [-0.15, -0.1) is 5.10 Å². The van der Waals surface area contributed by atoms with Gasteiger partial charge in [0.1, 0.15) is 11.5 Å². The summed E-state index contributed by atoms with van der Waals surface area (Å²) in [6, 6.07) is 12.4. The lowest BCUT2D eigenvalue weighted by atomic mass is 9.75. The van der Waals surface area contributed by atoms with E-state index in [1.165, 1.54) is 12.1 Å². The summed E-state index contributed by atoms with van der Waals surface area (Å²) in [6.45, 7) is 2.98. The molecule has 8 heteroatoms.